The Hall–Kier alpha value is -4.66. The van der Waals surface area contributed by atoms with Crippen molar-refractivity contribution in [2.75, 3.05) is 45.7 Å². The molecule has 0 aliphatic carbocycles. The fourth-order valence-electron chi connectivity index (χ4n) is 4.35. The summed E-state index contributed by atoms with van der Waals surface area (Å²) in [4.78, 5) is 32.8. The van der Waals surface area contributed by atoms with Crippen LogP contribution in [0.25, 0.3) is 10.2 Å². The number of amides is 2. The average molecular weight is 558 g/mol. The van der Waals surface area contributed by atoms with Crippen molar-refractivity contribution in [3.05, 3.63) is 77.4 Å². The Kier molecular flexibility index (Phi) is 8.10. The lowest BCUT2D eigenvalue weighted by molar-refractivity contribution is -0.123. The van der Waals surface area contributed by atoms with Crippen LogP contribution >= 0.6 is 11.3 Å². The minimum Gasteiger partial charge on any atom is -0.493 e. The van der Waals surface area contributed by atoms with E-state index in [1.54, 1.807) is 79.8 Å². The number of piperazine rings is 1. The van der Waals surface area contributed by atoms with Gasteiger partial charge in [0.2, 0.25) is 6.10 Å². The van der Waals surface area contributed by atoms with Crippen molar-refractivity contribution in [1.29, 1.82) is 5.26 Å². The monoisotopic (exact) mass is 557 g/mol. The number of methoxy groups -OCH3 is 2. The smallest absolute Gasteiger partial charge is 0.271 e. The second-order valence-electron chi connectivity index (χ2n) is 8.98. The molecule has 1 saturated heterocycles. The van der Waals surface area contributed by atoms with Gasteiger partial charge in [-0.15, -0.1) is 0 Å². The molecule has 10 nitrogen and oxygen atoms in total. The quantitative estimate of drug-likeness (QED) is 0.333. The van der Waals surface area contributed by atoms with E-state index in [2.05, 4.69) is 21.7 Å². The molecule has 0 saturated carbocycles. The summed E-state index contributed by atoms with van der Waals surface area (Å²) < 4.78 is 17.7. The maximum absolute atomic E-state index is 13.6. The first-order chi connectivity index (χ1) is 19.5. The van der Waals surface area contributed by atoms with E-state index in [-0.39, 0.29) is 5.91 Å². The Bertz CT molecular complexity index is 1520. The molecule has 1 aliphatic rings. The molecule has 3 aromatic carbocycles. The van der Waals surface area contributed by atoms with Gasteiger partial charge in [-0.25, -0.2) is 4.98 Å². The molecule has 2 amide bonds. The van der Waals surface area contributed by atoms with Gasteiger partial charge in [0.1, 0.15) is 5.75 Å². The third kappa shape index (κ3) is 5.83. The number of ether oxygens (including phenoxy) is 3. The zero-order chi connectivity index (χ0) is 28.1. The molecule has 204 valence electrons. The molecule has 2 N–H and O–H groups in total. The van der Waals surface area contributed by atoms with Crippen LogP contribution in [-0.2, 0) is 4.79 Å². The van der Waals surface area contributed by atoms with Gasteiger partial charge >= 0.3 is 0 Å². The van der Waals surface area contributed by atoms with Crippen LogP contribution in [0.3, 0.4) is 0 Å². The second-order valence-corrected chi connectivity index (χ2v) is 10.0. The summed E-state index contributed by atoms with van der Waals surface area (Å²) >= 11 is 1.29. The van der Waals surface area contributed by atoms with Crippen LogP contribution in [-0.4, -0.2) is 62.1 Å². The lowest BCUT2D eigenvalue weighted by Gasteiger charge is -2.27. The third-order valence-corrected chi connectivity index (χ3v) is 7.40. The van der Waals surface area contributed by atoms with Gasteiger partial charge in [0.25, 0.3) is 11.8 Å². The first-order valence-corrected chi connectivity index (χ1v) is 13.4. The summed E-state index contributed by atoms with van der Waals surface area (Å²) in [6, 6.07) is 19.0. The van der Waals surface area contributed by atoms with E-state index in [4.69, 9.17) is 19.5 Å². The van der Waals surface area contributed by atoms with E-state index in [0.29, 0.717) is 57.7 Å². The van der Waals surface area contributed by atoms with Crippen LogP contribution in [0.15, 0.2) is 60.7 Å². The van der Waals surface area contributed by atoms with Gasteiger partial charge in [-0.2, -0.15) is 5.26 Å². The van der Waals surface area contributed by atoms with E-state index in [1.165, 1.54) is 11.3 Å². The Labute approximate surface area is 235 Å². The molecule has 1 atom stereocenters. The highest BCUT2D eigenvalue weighted by Crippen LogP contribution is 2.36. The van der Waals surface area contributed by atoms with Crippen molar-refractivity contribution < 1.29 is 23.8 Å². The molecule has 0 radical (unpaired) electrons. The standard InChI is InChI=1S/C29H27N5O5S/c1-37-23-15-22-25(16-24(23)38-2)40-29(32-22)33-27(35)26(39-21-9-3-18(17-30)4-10-21)19-5-7-20(8-6-19)28(36)34-13-11-31-12-14-34/h3-10,15-16,26,31H,11-14H2,1-2H3,(H,32,33,35). The van der Waals surface area contributed by atoms with Crippen molar-refractivity contribution in [2.24, 2.45) is 0 Å². The van der Waals surface area contributed by atoms with Crippen molar-refractivity contribution in [1.82, 2.24) is 15.2 Å². The van der Waals surface area contributed by atoms with Gasteiger partial charge in [-0.3, -0.25) is 14.9 Å². The minimum atomic E-state index is -1.05. The van der Waals surface area contributed by atoms with Gasteiger partial charge in [-0.05, 0) is 36.4 Å². The topological polar surface area (TPSA) is 126 Å². The van der Waals surface area contributed by atoms with E-state index in [1.807, 2.05) is 0 Å². The number of aromatic nitrogens is 1. The van der Waals surface area contributed by atoms with Gasteiger partial charge in [0.15, 0.2) is 16.6 Å². The summed E-state index contributed by atoms with van der Waals surface area (Å²) in [5, 5.41) is 15.6. The van der Waals surface area contributed by atoms with Crippen LogP contribution in [0.4, 0.5) is 5.13 Å². The first kappa shape index (κ1) is 26.9. The Morgan fingerprint density at radius 3 is 2.35 bits per heavy atom. The van der Waals surface area contributed by atoms with Crippen LogP contribution in [0.5, 0.6) is 17.2 Å². The van der Waals surface area contributed by atoms with E-state index in [9.17, 15) is 9.59 Å². The molecule has 2 heterocycles. The van der Waals surface area contributed by atoms with Crippen LogP contribution in [0, 0.1) is 11.3 Å². The Morgan fingerprint density at radius 2 is 1.70 bits per heavy atom. The molecule has 1 fully saturated rings. The van der Waals surface area contributed by atoms with Crippen LogP contribution in [0.1, 0.15) is 27.6 Å². The maximum Gasteiger partial charge on any atom is 0.271 e. The van der Waals surface area contributed by atoms with Gasteiger partial charge in [0, 0.05) is 49.4 Å². The zero-order valence-electron chi connectivity index (χ0n) is 22.0. The second kappa shape index (κ2) is 12.0. The molecule has 1 aromatic heterocycles. The normalized spacial score (nSPS) is 13.8. The van der Waals surface area contributed by atoms with E-state index < -0.39 is 12.0 Å². The number of thiazole rings is 1. The number of fused-ring (bicyclic) bond motifs is 1. The van der Waals surface area contributed by atoms with Crippen LogP contribution < -0.4 is 24.8 Å². The van der Waals surface area contributed by atoms with Gasteiger partial charge < -0.3 is 24.4 Å². The molecular formula is C29H27N5O5S. The number of hydrogen-bond donors (Lipinski definition) is 2. The van der Waals surface area contributed by atoms with Crippen molar-refractivity contribution >= 4 is 38.5 Å². The summed E-state index contributed by atoms with van der Waals surface area (Å²) in [6.07, 6.45) is -1.05. The molecule has 11 heteroatoms. The maximum atomic E-state index is 13.6. The largest absolute Gasteiger partial charge is 0.493 e. The highest BCUT2D eigenvalue weighted by molar-refractivity contribution is 7.22. The number of carbonyl (C=O) groups excluding carboxylic acids is 2. The van der Waals surface area contributed by atoms with Gasteiger partial charge in [-0.1, -0.05) is 23.5 Å². The number of rotatable bonds is 8. The summed E-state index contributed by atoms with van der Waals surface area (Å²) in [5.74, 6) is 1.02. The average Bonchev–Trinajstić information content (AvgIpc) is 3.40. The summed E-state index contributed by atoms with van der Waals surface area (Å²) in [7, 11) is 3.10. The first-order valence-electron chi connectivity index (χ1n) is 12.6. The lowest BCUT2D eigenvalue weighted by Crippen LogP contribution is -2.46. The SMILES string of the molecule is COc1cc2nc(NC(=O)C(Oc3ccc(C#N)cc3)c3ccc(C(=O)N4CCNCC4)cc3)sc2cc1OC. The van der Waals surface area contributed by atoms with Gasteiger partial charge in [0.05, 0.1) is 36.1 Å². The van der Waals surface area contributed by atoms with Crippen molar-refractivity contribution in [3.63, 3.8) is 0 Å². The molecule has 40 heavy (non-hydrogen) atoms. The Morgan fingerprint density at radius 1 is 1.02 bits per heavy atom. The molecule has 5 rings (SSSR count). The highest BCUT2D eigenvalue weighted by Gasteiger charge is 2.26. The number of nitrogens with zero attached hydrogens (tertiary/aromatic N) is 3. The number of carbonyl (C=O) groups is 2. The predicted molar refractivity (Wildman–Crippen MR) is 151 cm³/mol. The Balaban J connectivity index is 1.41. The van der Waals surface area contributed by atoms with Crippen molar-refractivity contribution in [3.8, 4) is 23.3 Å². The fourth-order valence-corrected chi connectivity index (χ4v) is 5.23. The number of nitriles is 1. The molecule has 0 spiro atoms. The summed E-state index contributed by atoms with van der Waals surface area (Å²) in [5.41, 5.74) is 2.23. The lowest BCUT2D eigenvalue weighted by atomic mass is 10.0. The number of hydrogen-bond acceptors (Lipinski definition) is 9. The molecule has 1 aliphatic heterocycles. The molecular weight excluding hydrogens is 530 g/mol. The number of anilines is 1. The van der Waals surface area contributed by atoms with Crippen molar-refractivity contribution in [2.45, 2.75) is 6.10 Å². The molecule has 4 aromatic rings. The molecule has 0 bridgehead atoms. The van der Waals surface area contributed by atoms with E-state index >= 15 is 0 Å². The highest BCUT2D eigenvalue weighted by atomic mass is 32.1. The van der Waals surface area contributed by atoms with Crippen LogP contribution in [0.2, 0.25) is 0 Å². The fraction of sp³-hybridized carbons (Fsp3) is 0.241. The number of benzene rings is 3. The van der Waals surface area contributed by atoms with E-state index in [0.717, 1.165) is 17.8 Å². The summed E-state index contributed by atoms with van der Waals surface area (Å²) in [6.45, 7) is 2.81. The predicted octanol–water partition coefficient (Wildman–Crippen LogP) is 3.99. The molecule has 1 unspecified atom stereocenters. The number of nitrogens with one attached hydrogen (secondary N) is 2. The zero-order valence-corrected chi connectivity index (χ0v) is 22.8. The minimum absolute atomic E-state index is 0.0533. The third-order valence-electron chi connectivity index (χ3n) is 6.46.